The first-order valence-electron chi connectivity index (χ1n) is 6.46. The zero-order valence-corrected chi connectivity index (χ0v) is 14.6. The van der Waals surface area contributed by atoms with Gasteiger partial charge in [-0.3, -0.25) is 4.79 Å². The Balaban J connectivity index is 2.63. The number of rotatable bonds is 6. The number of nitrogens with one attached hydrogen (secondary N) is 1. The number of hydrogen-bond donors (Lipinski definition) is 1. The number of hydrogen-bond acceptors (Lipinski definition) is 1. The van der Waals surface area contributed by atoms with E-state index in [2.05, 4.69) is 44.1 Å². The van der Waals surface area contributed by atoms with Gasteiger partial charge in [0.2, 0.25) is 0 Å². The van der Waals surface area contributed by atoms with Crippen LogP contribution < -0.4 is 5.32 Å². The maximum absolute atomic E-state index is 12.8. The molecule has 118 valence electrons. The molecule has 1 amide bonds. The van der Waals surface area contributed by atoms with Crippen molar-refractivity contribution in [1.82, 2.24) is 5.32 Å². The van der Waals surface area contributed by atoms with Crippen LogP contribution in [0, 0.1) is 5.92 Å². The lowest BCUT2D eigenvalue weighted by Gasteiger charge is -2.12. The summed E-state index contributed by atoms with van der Waals surface area (Å²) in [5, 5.41) is 3.53. The number of halogens is 5. The number of carbonyl (C=O) groups is 1. The van der Waals surface area contributed by atoms with Crippen molar-refractivity contribution >= 4 is 37.8 Å². The van der Waals surface area contributed by atoms with Crippen LogP contribution in [0.4, 0.5) is 13.2 Å². The molecule has 0 saturated heterocycles. The Morgan fingerprint density at radius 1 is 1.38 bits per heavy atom. The number of amides is 1. The zero-order valence-electron chi connectivity index (χ0n) is 11.4. The second-order valence-electron chi connectivity index (χ2n) is 4.85. The predicted octanol–water partition coefficient (Wildman–Crippen LogP) is 5.01. The maximum Gasteiger partial charge on any atom is 0.417 e. The second-order valence-corrected chi connectivity index (χ2v) is 6.35. The van der Waals surface area contributed by atoms with Crippen LogP contribution in [0.1, 0.15) is 35.7 Å². The molecule has 0 radical (unpaired) electrons. The topological polar surface area (TPSA) is 29.1 Å². The fourth-order valence-electron chi connectivity index (χ4n) is 1.72. The van der Waals surface area contributed by atoms with Gasteiger partial charge in [0, 0.05) is 21.9 Å². The first-order chi connectivity index (χ1) is 9.75. The highest BCUT2D eigenvalue weighted by Gasteiger charge is 2.33. The Hall–Kier alpha value is -0.560. The first kappa shape index (κ1) is 18.5. The van der Waals surface area contributed by atoms with Crippen LogP contribution in [0.3, 0.4) is 0 Å². The van der Waals surface area contributed by atoms with Gasteiger partial charge in [0.1, 0.15) is 0 Å². The SMILES string of the molecule is CC(CBr)CCCNC(=O)c1ccc(Br)c(C(F)(F)F)c1. The summed E-state index contributed by atoms with van der Waals surface area (Å²) in [6.45, 7) is 2.54. The number of carbonyl (C=O) groups excluding carboxylic acids is 1. The van der Waals surface area contributed by atoms with Crippen LogP contribution in [-0.4, -0.2) is 17.8 Å². The average molecular weight is 431 g/mol. The third kappa shape index (κ3) is 5.98. The van der Waals surface area contributed by atoms with Crippen molar-refractivity contribution in [2.75, 3.05) is 11.9 Å². The van der Waals surface area contributed by atoms with Gasteiger partial charge >= 0.3 is 6.18 Å². The summed E-state index contributed by atoms with van der Waals surface area (Å²) in [6.07, 6.45) is -2.75. The van der Waals surface area contributed by atoms with Gasteiger partial charge in [-0.1, -0.05) is 38.8 Å². The molecule has 0 aliphatic rings. The van der Waals surface area contributed by atoms with E-state index < -0.39 is 17.6 Å². The third-order valence-corrected chi connectivity index (χ3v) is 4.75. The minimum absolute atomic E-state index is 0.0130. The van der Waals surface area contributed by atoms with Gasteiger partial charge in [-0.25, -0.2) is 0 Å². The largest absolute Gasteiger partial charge is 0.417 e. The molecule has 0 fully saturated rings. The van der Waals surface area contributed by atoms with Crippen LogP contribution in [0.15, 0.2) is 22.7 Å². The quantitative estimate of drug-likeness (QED) is 0.498. The van der Waals surface area contributed by atoms with Crippen LogP contribution in [0.25, 0.3) is 0 Å². The molecule has 7 heteroatoms. The maximum atomic E-state index is 12.8. The van der Waals surface area contributed by atoms with Crippen molar-refractivity contribution in [1.29, 1.82) is 0 Å². The molecule has 1 rings (SSSR count). The third-order valence-electron chi connectivity index (χ3n) is 2.96. The molecule has 0 aliphatic heterocycles. The van der Waals surface area contributed by atoms with E-state index in [9.17, 15) is 18.0 Å². The van der Waals surface area contributed by atoms with E-state index in [0.717, 1.165) is 24.2 Å². The molecule has 0 aliphatic carbocycles. The summed E-state index contributed by atoms with van der Waals surface area (Å²) in [6, 6.07) is 3.47. The summed E-state index contributed by atoms with van der Waals surface area (Å²) in [7, 11) is 0. The molecule has 1 atom stereocenters. The van der Waals surface area contributed by atoms with E-state index in [1.807, 2.05) is 0 Å². The monoisotopic (exact) mass is 429 g/mol. The fraction of sp³-hybridized carbons (Fsp3) is 0.500. The fourth-order valence-corrected chi connectivity index (χ4v) is 2.51. The molecular formula is C14H16Br2F3NO. The van der Waals surface area contributed by atoms with Gasteiger partial charge in [0.25, 0.3) is 5.91 Å². The van der Waals surface area contributed by atoms with E-state index in [4.69, 9.17) is 0 Å². The first-order valence-corrected chi connectivity index (χ1v) is 8.38. The highest BCUT2D eigenvalue weighted by molar-refractivity contribution is 9.10. The molecule has 1 N–H and O–H groups in total. The lowest BCUT2D eigenvalue weighted by molar-refractivity contribution is -0.138. The van der Waals surface area contributed by atoms with Crippen molar-refractivity contribution in [2.24, 2.45) is 5.92 Å². The zero-order chi connectivity index (χ0) is 16.0. The lowest BCUT2D eigenvalue weighted by atomic mass is 10.1. The lowest BCUT2D eigenvalue weighted by Crippen LogP contribution is -2.25. The normalized spacial score (nSPS) is 13.0. The average Bonchev–Trinajstić information content (AvgIpc) is 2.42. The van der Waals surface area contributed by atoms with Gasteiger partial charge in [-0.15, -0.1) is 0 Å². The van der Waals surface area contributed by atoms with E-state index in [0.29, 0.717) is 12.5 Å². The Labute approximate surface area is 138 Å². The van der Waals surface area contributed by atoms with Crippen molar-refractivity contribution in [3.63, 3.8) is 0 Å². The van der Waals surface area contributed by atoms with Crippen molar-refractivity contribution < 1.29 is 18.0 Å². The van der Waals surface area contributed by atoms with Crippen molar-refractivity contribution in [3.8, 4) is 0 Å². The van der Waals surface area contributed by atoms with Gasteiger partial charge in [0.05, 0.1) is 5.56 Å². The van der Waals surface area contributed by atoms with E-state index >= 15 is 0 Å². The molecule has 0 bridgehead atoms. The molecule has 0 spiro atoms. The molecule has 1 aromatic carbocycles. The summed E-state index contributed by atoms with van der Waals surface area (Å²) < 4.78 is 38.2. The van der Waals surface area contributed by atoms with Crippen LogP contribution in [-0.2, 0) is 6.18 Å². The summed E-state index contributed by atoms with van der Waals surface area (Å²) in [5.41, 5.74) is -0.831. The second kappa shape index (κ2) is 8.17. The molecular weight excluding hydrogens is 415 g/mol. The van der Waals surface area contributed by atoms with Gasteiger partial charge in [0.15, 0.2) is 0 Å². The van der Waals surface area contributed by atoms with Gasteiger partial charge < -0.3 is 5.32 Å². The number of benzene rings is 1. The highest BCUT2D eigenvalue weighted by atomic mass is 79.9. The number of alkyl halides is 4. The van der Waals surface area contributed by atoms with Crippen LogP contribution in [0.2, 0.25) is 0 Å². The smallest absolute Gasteiger partial charge is 0.352 e. The standard InChI is InChI=1S/C14H16Br2F3NO/c1-9(8-15)3-2-6-20-13(21)10-4-5-12(16)11(7-10)14(17,18)19/h4-5,7,9H,2-3,6,8H2,1H3,(H,20,21). The molecule has 0 heterocycles. The Morgan fingerprint density at radius 2 is 2.05 bits per heavy atom. The minimum Gasteiger partial charge on any atom is -0.352 e. The van der Waals surface area contributed by atoms with Gasteiger partial charge in [-0.05, 0) is 37.0 Å². The molecule has 2 nitrogen and oxygen atoms in total. The Bertz CT molecular complexity index is 492. The van der Waals surface area contributed by atoms with Gasteiger partial charge in [-0.2, -0.15) is 13.2 Å². The van der Waals surface area contributed by atoms with E-state index in [1.165, 1.54) is 12.1 Å². The van der Waals surface area contributed by atoms with E-state index in [-0.39, 0.29) is 10.0 Å². The Morgan fingerprint density at radius 3 is 2.62 bits per heavy atom. The van der Waals surface area contributed by atoms with Crippen molar-refractivity contribution in [3.05, 3.63) is 33.8 Å². The minimum atomic E-state index is -4.49. The van der Waals surface area contributed by atoms with E-state index in [1.54, 1.807) is 0 Å². The van der Waals surface area contributed by atoms with Crippen molar-refractivity contribution in [2.45, 2.75) is 25.9 Å². The molecule has 21 heavy (non-hydrogen) atoms. The molecule has 0 saturated carbocycles. The van der Waals surface area contributed by atoms with Crippen LogP contribution >= 0.6 is 31.9 Å². The van der Waals surface area contributed by atoms with Crippen LogP contribution in [0.5, 0.6) is 0 Å². The molecule has 1 unspecified atom stereocenters. The Kier molecular flexibility index (Phi) is 7.20. The summed E-state index contributed by atoms with van der Waals surface area (Å²) in [4.78, 5) is 11.8. The molecule has 1 aromatic rings. The summed E-state index contributed by atoms with van der Waals surface area (Å²) >= 11 is 6.21. The highest BCUT2D eigenvalue weighted by Crippen LogP contribution is 2.35. The molecule has 0 aromatic heterocycles. The predicted molar refractivity (Wildman–Crippen MR) is 83.7 cm³/mol. The summed E-state index contributed by atoms with van der Waals surface area (Å²) in [5.74, 6) is 0.0194.